The minimum atomic E-state index is -2.76. The summed E-state index contributed by atoms with van der Waals surface area (Å²) in [5, 5.41) is 32.2. The van der Waals surface area contributed by atoms with E-state index in [1.165, 1.54) is 22.5 Å². The van der Waals surface area contributed by atoms with E-state index >= 15 is 0 Å². The summed E-state index contributed by atoms with van der Waals surface area (Å²) < 4.78 is 20.7. The summed E-state index contributed by atoms with van der Waals surface area (Å²) >= 11 is 0. The third-order valence-electron chi connectivity index (χ3n) is 6.43. The Morgan fingerprint density at radius 1 is 0.973 bits per heavy atom. The molecule has 0 aliphatic carbocycles. The van der Waals surface area contributed by atoms with Gasteiger partial charge in [0.25, 0.3) is 8.32 Å². The van der Waals surface area contributed by atoms with E-state index in [1.807, 2.05) is 36.4 Å². The van der Waals surface area contributed by atoms with Crippen LogP contribution in [0.3, 0.4) is 0 Å². The third kappa shape index (κ3) is 7.07. The lowest BCUT2D eigenvalue weighted by Gasteiger charge is -2.43. The van der Waals surface area contributed by atoms with E-state index in [0.717, 1.165) is 11.6 Å². The largest absolute Gasteiger partial charge is 0.505 e. The van der Waals surface area contributed by atoms with Crippen LogP contribution < -0.4 is 10.4 Å². The van der Waals surface area contributed by atoms with E-state index in [9.17, 15) is 19.7 Å². The van der Waals surface area contributed by atoms with Crippen molar-refractivity contribution in [3.8, 4) is 5.75 Å². The lowest BCUT2D eigenvalue weighted by molar-refractivity contribution is 0.181. The average Bonchev–Trinajstić information content (AvgIpc) is 2.86. The highest BCUT2D eigenvalue weighted by Crippen LogP contribution is 2.37. The van der Waals surface area contributed by atoms with Gasteiger partial charge in [0.2, 0.25) is 0 Å². The van der Waals surface area contributed by atoms with Crippen molar-refractivity contribution in [2.45, 2.75) is 57.8 Å². The normalized spacial score (nSPS) is 13.5. The molecule has 3 rings (SSSR count). The molecule has 196 valence electrons. The molecule has 3 aromatic rings. The van der Waals surface area contributed by atoms with Crippen molar-refractivity contribution >= 4 is 18.7 Å². The van der Waals surface area contributed by atoms with Gasteiger partial charge in [-0.1, -0.05) is 87.5 Å². The first kappa shape index (κ1) is 28.6. The monoisotopic (exact) mass is 520 g/mol. The zero-order chi connectivity index (χ0) is 27.1. The molecule has 0 aliphatic heterocycles. The molecule has 0 fully saturated rings. The van der Waals surface area contributed by atoms with Gasteiger partial charge in [-0.05, 0) is 51.7 Å². The van der Waals surface area contributed by atoms with Gasteiger partial charge in [-0.25, -0.2) is 4.39 Å². The van der Waals surface area contributed by atoms with Crippen molar-refractivity contribution in [3.63, 3.8) is 0 Å². The minimum absolute atomic E-state index is 0.186. The molecule has 37 heavy (non-hydrogen) atoms. The van der Waals surface area contributed by atoms with Crippen LogP contribution in [0.25, 0.3) is 0 Å². The van der Waals surface area contributed by atoms with Crippen LogP contribution in [-0.2, 0) is 4.43 Å². The fourth-order valence-corrected chi connectivity index (χ4v) is 9.20. The standard InChI is InChI=1S/C31H37FO4Si/c1-23(33)20-24(12-11-17-29(34)25-18-19-30(35)28(32)21-25)22-36-37(31(2,3)4,26-13-7-5-8-14-26)27-15-9-6-10-16-27/h5-11,13-16,18-19,21,23,29,33-35H,17,20,22H2,1-4H3/t12?,23-,29+/m0/s1. The molecule has 0 bridgehead atoms. The summed E-state index contributed by atoms with van der Waals surface area (Å²) in [6.45, 7) is 8.62. The Bertz CT molecular complexity index is 1170. The molecule has 0 amide bonds. The zero-order valence-electron chi connectivity index (χ0n) is 22.0. The van der Waals surface area contributed by atoms with Crippen molar-refractivity contribution in [2.24, 2.45) is 0 Å². The van der Waals surface area contributed by atoms with Crippen LogP contribution in [0.15, 0.2) is 96.2 Å². The Morgan fingerprint density at radius 2 is 1.54 bits per heavy atom. The van der Waals surface area contributed by atoms with Crippen molar-refractivity contribution < 1.29 is 24.1 Å². The second kappa shape index (κ2) is 12.5. The smallest absolute Gasteiger partial charge is 0.261 e. The number of aliphatic hydroxyl groups excluding tert-OH is 2. The third-order valence-corrected chi connectivity index (χ3v) is 11.4. The number of halogens is 1. The lowest BCUT2D eigenvalue weighted by Crippen LogP contribution is -2.66. The van der Waals surface area contributed by atoms with Crippen LogP contribution in [0, 0.1) is 5.82 Å². The van der Waals surface area contributed by atoms with E-state index < -0.39 is 32.1 Å². The molecular formula is C31H37FO4Si. The maximum absolute atomic E-state index is 13.7. The highest BCUT2D eigenvalue weighted by molar-refractivity contribution is 6.99. The number of rotatable bonds is 10. The molecule has 4 nitrogen and oxygen atoms in total. The van der Waals surface area contributed by atoms with Gasteiger partial charge in [-0.15, -0.1) is 5.73 Å². The van der Waals surface area contributed by atoms with Crippen molar-refractivity contribution in [2.75, 3.05) is 6.61 Å². The van der Waals surface area contributed by atoms with Gasteiger partial charge in [-0.2, -0.15) is 0 Å². The Morgan fingerprint density at radius 3 is 2.03 bits per heavy atom. The summed E-state index contributed by atoms with van der Waals surface area (Å²) in [4.78, 5) is 0. The molecule has 0 saturated heterocycles. The van der Waals surface area contributed by atoms with Crippen LogP contribution >= 0.6 is 0 Å². The zero-order valence-corrected chi connectivity index (χ0v) is 23.0. The van der Waals surface area contributed by atoms with E-state index in [2.05, 4.69) is 50.8 Å². The maximum atomic E-state index is 13.7. The molecule has 0 unspecified atom stereocenters. The molecular weight excluding hydrogens is 483 g/mol. The lowest BCUT2D eigenvalue weighted by atomic mass is 10.1. The fourth-order valence-electron chi connectivity index (χ4n) is 4.65. The quantitative estimate of drug-likeness (QED) is 0.248. The molecule has 0 heterocycles. The summed E-state index contributed by atoms with van der Waals surface area (Å²) in [6.07, 6.45) is 0.732. The Hall–Kier alpha value is -2.99. The van der Waals surface area contributed by atoms with Crippen LogP contribution in [0.2, 0.25) is 5.04 Å². The van der Waals surface area contributed by atoms with Crippen LogP contribution in [0.1, 0.15) is 52.2 Å². The Kier molecular flexibility index (Phi) is 9.66. The number of phenolic OH excluding ortho intramolecular Hbond substituents is 1. The minimum Gasteiger partial charge on any atom is -0.505 e. The number of aromatic hydroxyl groups is 1. The first-order valence-electron chi connectivity index (χ1n) is 12.6. The predicted octanol–water partition coefficient (Wildman–Crippen LogP) is 5.38. The first-order valence-corrected chi connectivity index (χ1v) is 14.5. The van der Waals surface area contributed by atoms with Gasteiger partial charge in [0.1, 0.15) is 0 Å². The summed E-state index contributed by atoms with van der Waals surface area (Å²) in [5.74, 6) is -1.23. The first-order chi connectivity index (χ1) is 17.5. The number of benzene rings is 3. The second-order valence-electron chi connectivity index (χ2n) is 10.4. The molecule has 0 aliphatic rings. The average molecular weight is 521 g/mol. The predicted molar refractivity (Wildman–Crippen MR) is 149 cm³/mol. The number of hydrogen-bond donors (Lipinski definition) is 3. The van der Waals surface area contributed by atoms with Crippen molar-refractivity contribution in [3.05, 3.63) is 108 Å². The molecule has 3 aromatic carbocycles. The van der Waals surface area contributed by atoms with Crippen molar-refractivity contribution in [1.82, 2.24) is 0 Å². The number of hydrogen-bond acceptors (Lipinski definition) is 4. The van der Waals surface area contributed by atoms with Crippen LogP contribution in [-0.4, -0.2) is 36.3 Å². The van der Waals surface area contributed by atoms with E-state index in [4.69, 9.17) is 4.43 Å². The highest BCUT2D eigenvalue weighted by Gasteiger charge is 2.50. The van der Waals surface area contributed by atoms with Gasteiger partial charge in [-0.3, -0.25) is 0 Å². The number of aliphatic hydroxyl groups is 2. The van der Waals surface area contributed by atoms with E-state index in [1.54, 1.807) is 13.0 Å². The van der Waals surface area contributed by atoms with Gasteiger partial charge < -0.3 is 19.7 Å². The fraction of sp³-hybridized carbons (Fsp3) is 0.323. The maximum Gasteiger partial charge on any atom is 0.261 e. The molecule has 3 N–H and O–H groups in total. The topological polar surface area (TPSA) is 69.9 Å². The molecule has 0 aromatic heterocycles. The van der Waals surface area contributed by atoms with Crippen LogP contribution in [0.5, 0.6) is 5.75 Å². The summed E-state index contributed by atoms with van der Waals surface area (Å²) in [6, 6.07) is 24.5. The van der Waals surface area contributed by atoms with E-state index in [0.29, 0.717) is 12.0 Å². The van der Waals surface area contributed by atoms with E-state index in [-0.39, 0.29) is 18.1 Å². The SMILES string of the molecule is C[C@H](O)CC(=C=CC[C@@H](O)c1ccc(O)c(F)c1)CO[Si](c1ccccc1)(c1ccccc1)C(C)(C)C. The Labute approximate surface area is 220 Å². The molecule has 0 spiro atoms. The van der Waals surface area contributed by atoms with Gasteiger partial charge in [0, 0.05) is 12.8 Å². The second-order valence-corrected chi connectivity index (χ2v) is 14.7. The summed E-state index contributed by atoms with van der Waals surface area (Å²) in [7, 11) is -2.76. The van der Waals surface area contributed by atoms with Gasteiger partial charge >= 0.3 is 0 Å². The molecule has 0 radical (unpaired) electrons. The van der Waals surface area contributed by atoms with Crippen molar-refractivity contribution in [1.29, 1.82) is 0 Å². The number of phenols is 1. The molecule has 2 atom stereocenters. The van der Waals surface area contributed by atoms with Gasteiger partial charge in [0.05, 0.1) is 18.8 Å². The van der Waals surface area contributed by atoms with Gasteiger partial charge in [0.15, 0.2) is 11.6 Å². The molecule has 0 saturated carbocycles. The van der Waals surface area contributed by atoms with Crippen LogP contribution in [0.4, 0.5) is 4.39 Å². The molecule has 6 heteroatoms. The highest BCUT2D eigenvalue weighted by atomic mass is 28.4. The Balaban J connectivity index is 1.94. The summed E-state index contributed by atoms with van der Waals surface area (Å²) in [5.41, 5.74) is 4.38.